The van der Waals surface area contributed by atoms with E-state index in [0.717, 1.165) is 31.5 Å². The Hall–Kier alpha value is -1.88. The van der Waals surface area contributed by atoms with E-state index < -0.39 is 0 Å². The van der Waals surface area contributed by atoms with Crippen LogP contribution in [-0.4, -0.2) is 28.9 Å². The molecule has 0 aliphatic carbocycles. The van der Waals surface area contributed by atoms with Gasteiger partial charge in [-0.1, -0.05) is 54.5 Å². The highest BCUT2D eigenvalue weighted by molar-refractivity contribution is 7.17. The van der Waals surface area contributed by atoms with Crippen LogP contribution in [0, 0.1) is 0 Å². The summed E-state index contributed by atoms with van der Waals surface area (Å²) < 4.78 is 0. The van der Waals surface area contributed by atoms with Gasteiger partial charge in [0, 0.05) is 18.7 Å². The van der Waals surface area contributed by atoms with Crippen LogP contribution >= 0.6 is 11.3 Å². The lowest BCUT2D eigenvalue weighted by atomic mass is 10.1. The molecular formula is C16H19N3OS. The molecule has 1 saturated heterocycles. The first kappa shape index (κ1) is 14.1. The third-order valence-electron chi connectivity index (χ3n) is 3.78. The SMILES string of the molecule is Nc1nc(-c2ccccc2)c(C(=O)N2CCCCCC2)s1. The molecular weight excluding hydrogens is 282 g/mol. The molecule has 4 nitrogen and oxygen atoms in total. The van der Waals surface area contributed by atoms with Gasteiger partial charge in [0.2, 0.25) is 0 Å². The molecule has 110 valence electrons. The second-order valence-electron chi connectivity index (χ2n) is 5.30. The van der Waals surface area contributed by atoms with Crippen LogP contribution in [-0.2, 0) is 0 Å². The lowest BCUT2D eigenvalue weighted by Gasteiger charge is -2.19. The standard InChI is InChI=1S/C16H19N3OS/c17-16-18-13(12-8-4-3-5-9-12)14(21-16)15(20)19-10-6-1-2-7-11-19/h3-5,8-9H,1-2,6-7,10-11H2,(H2,17,18). The maximum absolute atomic E-state index is 12.8. The van der Waals surface area contributed by atoms with E-state index in [9.17, 15) is 4.79 Å². The number of nitrogens with zero attached hydrogens (tertiary/aromatic N) is 2. The van der Waals surface area contributed by atoms with Crippen LogP contribution in [0.2, 0.25) is 0 Å². The van der Waals surface area contributed by atoms with Gasteiger partial charge in [0.25, 0.3) is 5.91 Å². The van der Waals surface area contributed by atoms with Gasteiger partial charge in [0.05, 0.1) is 5.69 Å². The lowest BCUT2D eigenvalue weighted by molar-refractivity contribution is 0.0767. The highest BCUT2D eigenvalue weighted by Gasteiger charge is 2.24. The minimum absolute atomic E-state index is 0.0740. The first-order valence-corrected chi connectivity index (χ1v) is 8.18. The number of thiazole rings is 1. The highest BCUT2D eigenvalue weighted by Crippen LogP contribution is 2.31. The maximum Gasteiger partial charge on any atom is 0.266 e. The maximum atomic E-state index is 12.8. The van der Waals surface area contributed by atoms with Gasteiger partial charge < -0.3 is 10.6 Å². The largest absolute Gasteiger partial charge is 0.375 e. The Bertz CT molecular complexity index is 616. The number of amides is 1. The second-order valence-corrected chi connectivity index (χ2v) is 6.33. The fourth-order valence-corrected chi connectivity index (χ4v) is 3.51. The van der Waals surface area contributed by atoms with E-state index >= 15 is 0 Å². The van der Waals surface area contributed by atoms with Crippen molar-refractivity contribution in [2.24, 2.45) is 0 Å². The summed E-state index contributed by atoms with van der Waals surface area (Å²) in [7, 11) is 0. The average Bonchev–Trinajstić information content (AvgIpc) is 2.73. The number of likely N-dealkylation sites (tertiary alicyclic amines) is 1. The van der Waals surface area contributed by atoms with Crippen molar-refractivity contribution in [2.75, 3.05) is 18.8 Å². The molecule has 2 heterocycles. The molecule has 2 N–H and O–H groups in total. The van der Waals surface area contributed by atoms with E-state index in [1.54, 1.807) is 0 Å². The Morgan fingerprint density at radius 3 is 2.43 bits per heavy atom. The number of benzene rings is 1. The number of carbonyl (C=O) groups is 1. The van der Waals surface area contributed by atoms with E-state index in [1.165, 1.54) is 24.2 Å². The molecule has 1 aromatic carbocycles. The van der Waals surface area contributed by atoms with Crippen LogP contribution in [0.25, 0.3) is 11.3 Å². The minimum Gasteiger partial charge on any atom is -0.375 e. The monoisotopic (exact) mass is 301 g/mol. The van der Waals surface area contributed by atoms with Crippen molar-refractivity contribution in [2.45, 2.75) is 25.7 Å². The molecule has 21 heavy (non-hydrogen) atoms. The fourth-order valence-electron chi connectivity index (χ4n) is 2.69. The van der Waals surface area contributed by atoms with E-state index in [-0.39, 0.29) is 5.91 Å². The molecule has 5 heteroatoms. The van der Waals surface area contributed by atoms with Crippen molar-refractivity contribution in [1.29, 1.82) is 0 Å². The molecule has 1 aliphatic heterocycles. The summed E-state index contributed by atoms with van der Waals surface area (Å²) in [6, 6.07) is 9.78. The molecule has 0 atom stereocenters. The van der Waals surface area contributed by atoms with Crippen LogP contribution in [0.15, 0.2) is 30.3 Å². The van der Waals surface area contributed by atoms with E-state index in [4.69, 9.17) is 5.73 Å². The summed E-state index contributed by atoms with van der Waals surface area (Å²) in [5, 5.41) is 0.451. The van der Waals surface area contributed by atoms with Gasteiger partial charge in [-0.3, -0.25) is 4.79 Å². The predicted octanol–water partition coefficient (Wildman–Crippen LogP) is 3.41. The van der Waals surface area contributed by atoms with Crippen LogP contribution in [0.3, 0.4) is 0 Å². The van der Waals surface area contributed by atoms with Gasteiger partial charge in [-0.25, -0.2) is 4.98 Å². The Morgan fingerprint density at radius 2 is 1.76 bits per heavy atom. The minimum atomic E-state index is 0.0740. The van der Waals surface area contributed by atoms with Gasteiger partial charge in [-0.05, 0) is 12.8 Å². The topological polar surface area (TPSA) is 59.2 Å². The zero-order valence-electron chi connectivity index (χ0n) is 11.9. The number of nitrogen functional groups attached to an aromatic ring is 1. The summed E-state index contributed by atoms with van der Waals surface area (Å²) >= 11 is 1.29. The lowest BCUT2D eigenvalue weighted by Crippen LogP contribution is -2.31. The first-order valence-electron chi connectivity index (χ1n) is 7.37. The summed E-state index contributed by atoms with van der Waals surface area (Å²) in [6.45, 7) is 1.68. The zero-order valence-corrected chi connectivity index (χ0v) is 12.7. The molecule has 1 aromatic heterocycles. The third-order valence-corrected chi connectivity index (χ3v) is 4.65. The Labute approximate surface area is 128 Å². The molecule has 0 unspecified atom stereocenters. The van der Waals surface area contributed by atoms with Crippen molar-refractivity contribution in [3.8, 4) is 11.3 Å². The molecule has 1 aliphatic rings. The van der Waals surface area contributed by atoms with E-state index in [1.807, 2.05) is 35.2 Å². The first-order chi connectivity index (χ1) is 10.3. The molecule has 0 bridgehead atoms. The zero-order chi connectivity index (χ0) is 14.7. The number of rotatable bonds is 2. The molecule has 1 amide bonds. The molecule has 3 rings (SSSR count). The number of aromatic nitrogens is 1. The quantitative estimate of drug-likeness (QED) is 0.924. The van der Waals surface area contributed by atoms with Crippen LogP contribution in [0.5, 0.6) is 0 Å². The average molecular weight is 301 g/mol. The van der Waals surface area contributed by atoms with Gasteiger partial charge in [-0.15, -0.1) is 0 Å². The molecule has 0 saturated carbocycles. The number of hydrogen-bond acceptors (Lipinski definition) is 4. The van der Waals surface area contributed by atoms with Crippen molar-refractivity contribution in [3.05, 3.63) is 35.2 Å². The van der Waals surface area contributed by atoms with E-state index in [0.29, 0.717) is 15.7 Å². The Morgan fingerprint density at radius 1 is 1.10 bits per heavy atom. The fraction of sp³-hybridized carbons (Fsp3) is 0.375. The summed E-state index contributed by atoms with van der Waals surface area (Å²) in [4.78, 5) is 19.8. The Balaban J connectivity index is 1.93. The molecule has 1 fully saturated rings. The molecule has 0 spiro atoms. The van der Waals surface area contributed by atoms with Crippen LogP contribution < -0.4 is 5.73 Å². The van der Waals surface area contributed by atoms with Crippen molar-refractivity contribution in [3.63, 3.8) is 0 Å². The van der Waals surface area contributed by atoms with Gasteiger partial charge in [0.15, 0.2) is 5.13 Å². The highest BCUT2D eigenvalue weighted by atomic mass is 32.1. The number of nitrogens with two attached hydrogens (primary N) is 1. The van der Waals surface area contributed by atoms with Gasteiger partial charge >= 0.3 is 0 Å². The second kappa shape index (κ2) is 6.26. The van der Waals surface area contributed by atoms with Crippen molar-refractivity contribution >= 4 is 22.4 Å². The smallest absolute Gasteiger partial charge is 0.266 e. The van der Waals surface area contributed by atoms with Gasteiger partial charge in [0.1, 0.15) is 4.88 Å². The number of anilines is 1. The summed E-state index contributed by atoms with van der Waals surface area (Å²) in [6.07, 6.45) is 4.59. The summed E-state index contributed by atoms with van der Waals surface area (Å²) in [5.74, 6) is 0.0740. The molecule has 0 radical (unpaired) electrons. The van der Waals surface area contributed by atoms with Crippen molar-refractivity contribution < 1.29 is 4.79 Å². The molecule has 2 aromatic rings. The number of carbonyl (C=O) groups excluding carboxylic acids is 1. The van der Waals surface area contributed by atoms with Crippen molar-refractivity contribution in [1.82, 2.24) is 9.88 Å². The van der Waals surface area contributed by atoms with Gasteiger partial charge in [-0.2, -0.15) is 0 Å². The Kier molecular flexibility index (Phi) is 4.20. The van der Waals surface area contributed by atoms with Crippen LogP contribution in [0.4, 0.5) is 5.13 Å². The normalized spacial score (nSPS) is 15.7. The number of hydrogen-bond donors (Lipinski definition) is 1. The van der Waals surface area contributed by atoms with Crippen LogP contribution in [0.1, 0.15) is 35.4 Å². The van der Waals surface area contributed by atoms with E-state index in [2.05, 4.69) is 4.98 Å². The summed E-state index contributed by atoms with van der Waals surface area (Å²) in [5.41, 5.74) is 7.51. The third kappa shape index (κ3) is 3.08. The predicted molar refractivity (Wildman–Crippen MR) is 86.3 cm³/mol.